The van der Waals surface area contributed by atoms with Crippen molar-refractivity contribution in [1.29, 1.82) is 0 Å². The summed E-state index contributed by atoms with van der Waals surface area (Å²) in [6.45, 7) is 7.90. The highest BCUT2D eigenvalue weighted by Crippen LogP contribution is 2.29. The normalized spacial score (nSPS) is 16.1. The van der Waals surface area contributed by atoms with Gasteiger partial charge in [-0.2, -0.15) is 0 Å². The summed E-state index contributed by atoms with van der Waals surface area (Å²) in [7, 11) is 0. The van der Waals surface area contributed by atoms with E-state index in [0.717, 1.165) is 22.2 Å². The molecule has 1 N–H and O–H groups in total. The number of fused-ring (bicyclic) bond motifs is 1. The maximum atomic E-state index is 12.3. The Balaban J connectivity index is 1.90. The van der Waals surface area contributed by atoms with Gasteiger partial charge in [0.2, 0.25) is 0 Å². The molecule has 0 spiro atoms. The number of rotatable bonds is 6. The molecule has 0 bridgehead atoms. The lowest BCUT2D eigenvalue weighted by atomic mass is 10.1. The van der Waals surface area contributed by atoms with Crippen LogP contribution in [-0.2, 0) is 14.2 Å². The third kappa shape index (κ3) is 3.91. The molecule has 1 fully saturated rings. The maximum absolute atomic E-state index is 12.3. The molecular weight excluding hydrogens is 320 g/mol. The van der Waals surface area contributed by atoms with E-state index in [-0.39, 0.29) is 5.97 Å². The van der Waals surface area contributed by atoms with Gasteiger partial charge in [-0.15, -0.1) is 0 Å². The van der Waals surface area contributed by atoms with E-state index in [1.54, 1.807) is 13.1 Å². The van der Waals surface area contributed by atoms with Crippen molar-refractivity contribution in [3.05, 3.63) is 35.5 Å². The van der Waals surface area contributed by atoms with Crippen molar-refractivity contribution in [2.75, 3.05) is 31.7 Å². The zero-order valence-corrected chi connectivity index (χ0v) is 14.9. The van der Waals surface area contributed by atoms with E-state index in [1.165, 1.54) is 0 Å². The van der Waals surface area contributed by atoms with Crippen LogP contribution in [0.1, 0.15) is 36.2 Å². The SMILES string of the molecule is CCOC(=O)c1cnc2ccc(C)cc2c1NCCC1(C)OCCO1. The summed E-state index contributed by atoms with van der Waals surface area (Å²) >= 11 is 0. The lowest BCUT2D eigenvalue weighted by Gasteiger charge is -2.23. The van der Waals surface area contributed by atoms with Crippen molar-refractivity contribution in [3.8, 4) is 0 Å². The van der Waals surface area contributed by atoms with Gasteiger partial charge in [0.25, 0.3) is 0 Å². The van der Waals surface area contributed by atoms with Gasteiger partial charge in [0, 0.05) is 24.5 Å². The number of pyridine rings is 1. The van der Waals surface area contributed by atoms with Crippen molar-refractivity contribution < 1.29 is 19.0 Å². The minimum Gasteiger partial charge on any atom is -0.462 e. The third-order valence-electron chi connectivity index (χ3n) is 4.30. The fraction of sp³-hybridized carbons (Fsp3) is 0.474. The number of anilines is 1. The molecule has 25 heavy (non-hydrogen) atoms. The van der Waals surface area contributed by atoms with E-state index in [9.17, 15) is 4.79 Å². The number of hydrogen-bond acceptors (Lipinski definition) is 6. The molecule has 2 aromatic rings. The fourth-order valence-electron chi connectivity index (χ4n) is 2.98. The summed E-state index contributed by atoms with van der Waals surface area (Å²) in [5, 5.41) is 4.28. The summed E-state index contributed by atoms with van der Waals surface area (Å²) in [6.07, 6.45) is 2.24. The maximum Gasteiger partial charge on any atom is 0.341 e. The van der Waals surface area contributed by atoms with Crippen LogP contribution in [0.5, 0.6) is 0 Å². The Hall–Kier alpha value is -2.18. The van der Waals surface area contributed by atoms with Gasteiger partial charge in [0.05, 0.1) is 31.0 Å². The number of ether oxygens (including phenoxy) is 3. The van der Waals surface area contributed by atoms with Crippen LogP contribution in [0.3, 0.4) is 0 Å². The first kappa shape index (κ1) is 17.6. The monoisotopic (exact) mass is 344 g/mol. The molecule has 0 atom stereocenters. The Morgan fingerprint density at radius 2 is 2.12 bits per heavy atom. The van der Waals surface area contributed by atoms with E-state index in [2.05, 4.69) is 10.3 Å². The van der Waals surface area contributed by atoms with Gasteiger partial charge in [-0.25, -0.2) is 4.79 Å². The summed E-state index contributed by atoms with van der Waals surface area (Å²) in [5.41, 5.74) is 3.13. The molecule has 1 aromatic heterocycles. The van der Waals surface area contributed by atoms with Gasteiger partial charge in [-0.1, -0.05) is 11.6 Å². The third-order valence-corrected chi connectivity index (χ3v) is 4.30. The molecule has 0 aliphatic carbocycles. The Labute approximate surface area is 147 Å². The van der Waals surface area contributed by atoms with E-state index in [1.807, 2.05) is 32.0 Å². The van der Waals surface area contributed by atoms with Crippen molar-refractivity contribution in [1.82, 2.24) is 4.98 Å². The lowest BCUT2D eigenvalue weighted by molar-refractivity contribution is -0.144. The van der Waals surface area contributed by atoms with Gasteiger partial charge in [-0.05, 0) is 32.9 Å². The zero-order valence-electron chi connectivity index (χ0n) is 14.9. The van der Waals surface area contributed by atoms with E-state index in [4.69, 9.17) is 14.2 Å². The van der Waals surface area contributed by atoms with E-state index < -0.39 is 5.79 Å². The van der Waals surface area contributed by atoms with Crippen LogP contribution in [-0.4, -0.2) is 43.1 Å². The van der Waals surface area contributed by atoms with Gasteiger partial charge in [0.1, 0.15) is 5.56 Å². The molecular formula is C19H24N2O4. The second-order valence-corrected chi connectivity index (χ2v) is 6.30. The number of carbonyl (C=O) groups excluding carboxylic acids is 1. The van der Waals surface area contributed by atoms with Gasteiger partial charge in [0.15, 0.2) is 5.79 Å². The molecule has 1 aliphatic rings. The fourth-order valence-corrected chi connectivity index (χ4v) is 2.98. The first-order valence-electron chi connectivity index (χ1n) is 8.61. The molecule has 1 aliphatic heterocycles. The van der Waals surface area contributed by atoms with Crippen molar-refractivity contribution in [3.63, 3.8) is 0 Å². The standard InChI is InChI=1S/C19H24N2O4/c1-4-23-18(22)15-12-21-16-6-5-13(2)11-14(16)17(15)20-8-7-19(3)24-9-10-25-19/h5-6,11-12H,4,7-10H2,1-3H3,(H,20,21). The quantitative estimate of drug-likeness (QED) is 0.811. The highest BCUT2D eigenvalue weighted by Gasteiger charge is 2.30. The Kier molecular flexibility index (Phi) is 5.20. The van der Waals surface area contributed by atoms with Crippen molar-refractivity contribution >= 4 is 22.6 Å². The highest BCUT2D eigenvalue weighted by atomic mass is 16.7. The number of carbonyl (C=O) groups is 1. The summed E-state index contributed by atoms with van der Waals surface area (Å²) in [4.78, 5) is 16.7. The average Bonchev–Trinajstić information content (AvgIpc) is 3.02. The van der Waals surface area contributed by atoms with Crippen LogP contribution < -0.4 is 5.32 Å². The van der Waals surface area contributed by atoms with Crippen LogP contribution in [0.25, 0.3) is 10.9 Å². The lowest BCUT2D eigenvalue weighted by Crippen LogP contribution is -2.28. The molecule has 3 rings (SSSR count). The number of hydrogen-bond donors (Lipinski definition) is 1. The van der Waals surface area contributed by atoms with Crippen LogP contribution >= 0.6 is 0 Å². The predicted octanol–water partition coefficient (Wildman–Crippen LogP) is 3.28. The van der Waals surface area contributed by atoms with Crippen LogP contribution in [0, 0.1) is 6.92 Å². The van der Waals surface area contributed by atoms with Gasteiger partial charge in [-0.3, -0.25) is 4.98 Å². The number of nitrogens with one attached hydrogen (secondary N) is 1. The summed E-state index contributed by atoms with van der Waals surface area (Å²) < 4.78 is 16.4. The van der Waals surface area contributed by atoms with Gasteiger partial charge < -0.3 is 19.5 Å². The first-order chi connectivity index (χ1) is 12.0. The van der Waals surface area contributed by atoms with E-state index >= 15 is 0 Å². The highest BCUT2D eigenvalue weighted by molar-refractivity contribution is 6.05. The molecule has 1 saturated heterocycles. The smallest absolute Gasteiger partial charge is 0.341 e. The average molecular weight is 344 g/mol. The first-order valence-corrected chi connectivity index (χ1v) is 8.61. The zero-order chi connectivity index (χ0) is 17.9. The molecule has 0 unspecified atom stereocenters. The summed E-state index contributed by atoms with van der Waals surface area (Å²) in [5.74, 6) is -0.948. The predicted molar refractivity (Wildman–Crippen MR) is 95.9 cm³/mol. The van der Waals surface area contributed by atoms with Gasteiger partial charge >= 0.3 is 5.97 Å². The topological polar surface area (TPSA) is 69.7 Å². The minimum absolute atomic E-state index is 0.323. The molecule has 1 aromatic carbocycles. The molecule has 0 radical (unpaired) electrons. The van der Waals surface area contributed by atoms with Crippen LogP contribution in [0.15, 0.2) is 24.4 Å². The van der Waals surface area contributed by atoms with E-state index in [0.29, 0.717) is 38.3 Å². The Morgan fingerprint density at radius 1 is 1.36 bits per heavy atom. The second-order valence-electron chi connectivity index (χ2n) is 6.30. The summed E-state index contributed by atoms with van der Waals surface area (Å²) in [6, 6.07) is 5.98. The number of nitrogens with zero attached hydrogens (tertiary/aromatic N) is 1. The molecule has 134 valence electrons. The molecule has 6 nitrogen and oxygen atoms in total. The number of benzene rings is 1. The molecule has 0 amide bonds. The van der Waals surface area contributed by atoms with Crippen molar-refractivity contribution in [2.24, 2.45) is 0 Å². The van der Waals surface area contributed by atoms with Crippen molar-refractivity contribution in [2.45, 2.75) is 33.0 Å². The van der Waals surface area contributed by atoms with Crippen LogP contribution in [0.4, 0.5) is 5.69 Å². The largest absolute Gasteiger partial charge is 0.462 e. The Morgan fingerprint density at radius 3 is 2.84 bits per heavy atom. The number of aryl methyl sites for hydroxylation is 1. The molecule has 0 saturated carbocycles. The Bertz CT molecular complexity index is 769. The second kappa shape index (κ2) is 7.37. The van der Waals surface area contributed by atoms with Crippen LogP contribution in [0.2, 0.25) is 0 Å². The minimum atomic E-state index is -0.574. The molecule has 2 heterocycles. The number of esters is 1. The molecule has 6 heteroatoms. The number of aromatic nitrogens is 1.